The van der Waals surface area contributed by atoms with E-state index in [0.29, 0.717) is 36.3 Å². The van der Waals surface area contributed by atoms with Gasteiger partial charge in [-0.2, -0.15) is 4.98 Å². The fraction of sp³-hybridized carbons (Fsp3) is 0.407. The van der Waals surface area contributed by atoms with Crippen molar-refractivity contribution < 1.29 is 19.1 Å². The predicted molar refractivity (Wildman–Crippen MR) is 141 cm³/mol. The van der Waals surface area contributed by atoms with Gasteiger partial charge in [0.2, 0.25) is 5.91 Å². The van der Waals surface area contributed by atoms with Crippen molar-refractivity contribution in [2.45, 2.75) is 59.5 Å². The number of likely N-dealkylation sites (N-methyl/N-ethyl adjacent to an activating group) is 1. The highest BCUT2D eigenvalue weighted by atomic mass is 16.4. The fourth-order valence-corrected chi connectivity index (χ4v) is 4.32. The predicted octanol–water partition coefficient (Wildman–Crippen LogP) is 4.67. The number of aryl methyl sites for hydroxylation is 1. The normalized spacial score (nSPS) is 12.3. The van der Waals surface area contributed by atoms with Gasteiger partial charge in [-0.3, -0.25) is 9.69 Å². The summed E-state index contributed by atoms with van der Waals surface area (Å²) in [7, 11) is 0. The number of nitrogens with one attached hydrogen (secondary N) is 1. The molecule has 36 heavy (non-hydrogen) atoms. The average molecular weight is 495 g/mol. The monoisotopic (exact) mass is 494 g/mol. The van der Waals surface area contributed by atoms with Crippen LogP contribution in [-0.2, 0) is 11.2 Å². The van der Waals surface area contributed by atoms with Crippen molar-refractivity contribution in [1.29, 1.82) is 0 Å². The Hall–Kier alpha value is -3.88. The van der Waals surface area contributed by atoms with Crippen LogP contribution in [0.1, 0.15) is 45.7 Å². The van der Waals surface area contributed by atoms with Crippen LogP contribution < -0.4 is 15.8 Å². The second-order valence-electron chi connectivity index (χ2n) is 9.60. The smallest absolute Gasteiger partial charge is 0.412 e. The van der Waals surface area contributed by atoms with Crippen LogP contribution in [0, 0.1) is 6.92 Å². The van der Waals surface area contributed by atoms with Crippen LogP contribution >= 0.6 is 0 Å². The minimum absolute atomic E-state index is 0.0630. The molecule has 0 fully saturated rings. The second kappa shape index (κ2) is 10.8. The van der Waals surface area contributed by atoms with E-state index in [2.05, 4.69) is 10.3 Å². The lowest BCUT2D eigenvalue weighted by molar-refractivity contribution is -0.131. The largest absolute Gasteiger partial charge is 0.465 e. The molecule has 0 aliphatic rings. The molecule has 3 rings (SSSR count). The van der Waals surface area contributed by atoms with E-state index in [0.717, 1.165) is 5.56 Å². The van der Waals surface area contributed by atoms with Gasteiger partial charge in [-0.25, -0.2) is 9.59 Å². The second-order valence-corrected chi connectivity index (χ2v) is 9.60. The number of nitrogens with zero attached hydrogens (tertiary/aromatic N) is 3. The molecule has 1 heterocycles. The Morgan fingerprint density at radius 1 is 1.08 bits per heavy atom. The molecule has 0 spiro atoms. The Labute approximate surface area is 210 Å². The summed E-state index contributed by atoms with van der Waals surface area (Å²) in [5, 5.41) is 13.0. The lowest BCUT2D eigenvalue weighted by atomic mass is 10.0. The van der Waals surface area contributed by atoms with Crippen LogP contribution in [0.5, 0.6) is 0 Å². The highest BCUT2D eigenvalue weighted by Gasteiger charge is 2.30. The van der Waals surface area contributed by atoms with Crippen molar-refractivity contribution in [3.8, 4) is 0 Å². The Kier molecular flexibility index (Phi) is 8.02. The van der Waals surface area contributed by atoms with Gasteiger partial charge in [0.25, 0.3) is 6.01 Å². The first-order valence-corrected chi connectivity index (χ1v) is 12.0. The zero-order valence-corrected chi connectivity index (χ0v) is 21.7. The summed E-state index contributed by atoms with van der Waals surface area (Å²) in [5.41, 5.74) is 0.760. The Morgan fingerprint density at radius 3 is 2.28 bits per heavy atom. The molecule has 1 atom stereocenters. The summed E-state index contributed by atoms with van der Waals surface area (Å²) in [4.78, 5) is 45.7. The van der Waals surface area contributed by atoms with Crippen molar-refractivity contribution in [2.75, 3.05) is 23.3 Å². The molecule has 0 aliphatic carbocycles. The third kappa shape index (κ3) is 5.67. The van der Waals surface area contributed by atoms with Crippen molar-refractivity contribution in [1.82, 2.24) is 9.88 Å². The molecule has 2 aromatic carbocycles. The van der Waals surface area contributed by atoms with Crippen LogP contribution in [0.4, 0.5) is 16.5 Å². The van der Waals surface area contributed by atoms with Crippen molar-refractivity contribution in [2.24, 2.45) is 0 Å². The average Bonchev–Trinajstić information content (AvgIpc) is 2.80. The molecule has 3 aromatic rings. The summed E-state index contributed by atoms with van der Waals surface area (Å²) in [6.45, 7) is 11.9. The Bertz CT molecular complexity index is 1290. The van der Waals surface area contributed by atoms with Gasteiger partial charge in [0.05, 0.1) is 16.6 Å². The van der Waals surface area contributed by atoms with Crippen molar-refractivity contribution in [3.63, 3.8) is 0 Å². The zero-order chi connectivity index (χ0) is 26.6. The van der Waals surface area contributed by atoms with E-state index >= 15 is 0 Å². The number of carboxylic acid groups (broad SMARTS) is 1. The van der Waals surface area contributed by atoms with E-state index in [-0.39, 0.29) is 17.3 Å². The standard InChI is InChI=1S/C27H34N4O5/c1-7-30(8-2)23(32)20(16-18-12-10-9-11-13-18)29-25-28-19-14-15-21(17(3)22(19)24(33)36-25)31(26(34)35)27(4,5)6/h9-15,20H,7-8,16H2,1-6H3,(H,28,29)(H,34,35). The summed E-state index contributed by atoms with van der Waals surface area (Å²) >= 11 is 0. The van der Waals surface area contributed by atoms with Crippen LogP contribution in [0.25, 0.3) is 10.9 Å². The maximum atomic E-state index is 13.2. The molecule has 0 saturated heterocycles. The number of anilines is 2. The van der Waals surface area contributed by atoms with Gasteiger partial charge in [-0.15, -0.1) is 0 Å². The van der Waals surface area contributed by atoms with Gasteiger partial charge in [-0.05, 0) is 64.8 Å². The molecule has 0 aliphatic heterocycles. The van der Waals surface area contributed by atoms with Crippen LogP contribution in [0.2, 0.25) is 0 Å². The maximum Gasteiger partial charge on any atom is 0.412 e. The summed E-state index contributed by atoms with van der Waals surface area (Å²) < 4.78 is 5.50. The topological polar surface area (TPSA) is 116 Å². The fourth-order valence-electron chi connectivity index (χ4n) is 4.32. The highest BCUT2D eigenvalue weighted by molar-refractivity contribution is 5.95. The molecule has 2 amide bonds. The van der Waals surface area contributed by atoms with E-state index in [1.165, 1.54) is 4.90 Å². The first kappa shape index (κ1) is 26.7. The van der Waals surface area contributed by atoms with Gasteiger partial charge in [0, 0.05) is 25.0 Å². The Morgan fingerprint density at radius 2 is 1.72 bits per heavy atom. The summed E-state index contributed by atoms with van der Waals surface area (Å²) in [6, 6.07) is 12.1. The summed E-state index contributed by atoms with van der Waals surface area (Å²) in [6.07, 6.45) is -0.740. The number of fused-ring (bicyclic) bond motifs is 1. The molecule has 0 bridgehead atoms. The van der Waals surface area contributed by atoms with Crippen LogP contribution in [-0.4, -0.2) is 51.7 Å². The van der Waals surface area contributed by atoms with Gasteiger partial charge in [0.1, 0.15) is 6.04 Å². The van der Waals surface area contributed by atoms with Crippen LogP contribution in [0.3, 0.4) is 0 Å². The highest BCUT2D eigenvalue weighted by Crippen LogP contribution is 2.31. The first-order valence-electron chi connectivity index (χ1n) is 12.0. The zero-order valence-electron chi connectivity index (χ0n) is 21.7. The van der Waals surface area contributed by atoms with E-state index in [1.54, 1.807) is 44.7 Å². The van der Waals surface area contributed by atoms with Gasteiger partial charge in [0.15, 0.2) is 0 Å². The molecular formula is C27H34N4O5. The first-order chi connectivity index (χ1) is 17.0. The number of aromatic nitrogens is 1. The molecule has 9 nitrogen and oxygen atoms in total. The SMILES string of the molecule is CCN(CC)C(=O)C(Cc1ccccc1)Nc1nc2ccc(N(C(=O)O)C(C)(C)C)c(C)c2c(=O)o1. The lowest BCUT2D eigenvalue weighted by Gasteiger charge is -2.34. The molecule has 1 unspecified atom stereocenters. The minimum atomic E-state index is -1.13. The van der Waals surface area contributed by atoms with E-state index < -0.39 is 23.3 Å². The molecule has 192 valence electrons. The van der Waals surface area contributed by atoms with E-state index in [9.17, 15) is 19.5 Å². The maximum absolute atomic E-state index is 13.2. The minimum Gasteiger partial charge on any atom is -0.465 e. The Balaban J connectivity index is 2.04. The molecular weight excluding hydrogens is 460 g/mol. The van der Waals surface area contributed by atoms with Crippen LogP contribution in [0.15, 0.2) is 51.7 Å². The number of carbonyl (C=O) groups excluding carboxylic acids is 1. The number of amides is 2. The lowest BCUT2D eigenvalue weighted by Crippen LogP contribution is -2.45. The number of carbonyl (C=O) groups is 2. The summed E-state index contributed by atoms with van der Waals surface area (Å²) in [5.74, 6) is -0.123. The van der Waals surface area contributed by atoms with Crippen molar-refractivity contribution in [3.05, 3.63) is 64.0 Å². The third-order valence-electron chi connectivity index (χ3n) is 6.09. The van der Waals surface area contributed by atoms with E-state index in [4.69, 9.17) is 4.42 Å². The number of hydrogen-bond donors (Lipinski definition) is 2. The molecule has 1 aromatic heterocycles. The number of rotatable bonds is 8. The number of hydrogen-bond acceptors (Lipinski definition) is 6. The van der Waals surface area contributed by atoms with Crippen molar-refractivity contribution >= 4 is 34.6 Å². The van der Waals surface area contributed by atoms with E-state index in [1.807, 2.05) is 44.2 Å². The van der Waals surface area contributed by atoms with Gasteiger partial charge < -0.3 is 19.7 Å². The van der Waals surface area contributed by atoms with Gasteiger partial charge in [-0.1, -0.05) is 30.3 Å². The van der Waals surface area contributed by atoms with Gasteiger partial charge >= 0.3 is 11.7 Å². The third-order valence-corrected chi connectivity index (χ3v) is 6.09. The molecule has 9 heteroatoms. The molecule has 2 N–H and O–H groups in total. The quantitative estimate of drug-likeness (QED) is 0.467. The number of benzene rings is 2. The molecule has 0 radical (unpaired) electrons. The molecule has 0 saturated carbocycles.